The molecule has 0 heterocycles. The van der Waals surface area contributed by atoms with Gasteiger partial charge in [0.25, 0.3) is 5.91 Å². The third-order valence-corrected chi connectivity index (χ3v) is 4.98. The molecule has 0 atom stereocenters. The average Bonchev–Trinajstić information content (AvgIpc) is 2.74. The summed E-state index contributed by atoms with van der Waals surface area (Å²) in [6.45, 7) is 7.85. The molecule has 0 aliphatic carbocycles. The molecule has 156 valence electrons. The minimum atomic E-state index is -0.0243. The molecule has 0 saturated heterocycles. The van der Waals surface area contributed by atoms with Crippen molar-refractivity contribution in [1.82, 2.24) is 5.32 Å². The van der Waals surface area contributed by atoms with Gasteiger partial charge >= 0.3 is 0 Å². The Labute approximate surface area is 180 Å². The normalized spacial score (nSPS) is 11.2. The van der Waals surface area contributed by atoms with Gasteiger partial charge in [0, 0.05) is 18.5 Å². The van der Waals surface area contributed by atoms with Crippen LogP contribution in [0.4, 0.5) is 0 Å². The summed E-state index contributed by atoms with van der Waals surface area (Å²) >= 11 is 0. The second-order valence-electron chi connectivity index (χ2n) is 8.76. The Morgan fingerprint density at radius 2 is 1.60 bits per heavy atom. The van der Waals surface area contributed by atoms with E-state index in [-0.39, 0.29) is 11.3 Å². The number of hydrogen-bond acceptors (Lipinski definition) is 2. The van der Waals surface area contributed by atoms with E-state index in [2.05, 4.69) is 44.3 Å². The number of hydrogen-bond donors (Lipinski definition) is 1. The molecular weight excluding hydrogens is 370 g/mol. The number of amides is 1. The highest BCUT2D eigenvalue weighted by Gasteiger charge is 2.11. The molecule has 0 aliphatic heterocycles. The van der Waals surface area contributed by atoms with Gasteiger partial charge in [-0.15, -0.1) is 0 Å². The first-order valence-electron chi connectivity index (χ1n) is 10.6. The molecule has 3 aromatic carbocycles. The molecule has 0 spiro atoms. The molecule has 0 fully saturated rings. The van der Waals surface area contributed by atoms with Crippen LogP contribution in [0.25, 0.3) is 11.1 Å². The van der Waals surface area contributed by atoms with Gasteiger partial charge in [0.05, 0.1) is 6.61 Å². The maximum absolute atomic E-state index is 12.3. The van der Waals surface area contributed by atoms with Crippen molar-refractivity contribution >= 4 is 5.91 Å². The van der Waals surface area contributed by atoms with E-state index in [1.807, 2.05) is 60.7 Å². The van der Waals surface area contributed by atoms with Crippen LogP contribution in [0, 0.1) is 5.41 Å². The van der Waals surface area contributed by atoms with Crippen molar-refractivity contribution in [2.24, 2.45) is 5.41 Å². The zero-order chi connectivity index (χ0) is 21.4. The summed E-state index contributed by atoms with van der Waals surface area (Å²) in [5, 5.41) is 3.00. The average molecular weight is 402 g/mol. The molecule has 0 aliphatic rings. The molecule has 0 saturated carbocycles. The summed E-state index contributed by atoms with van der Waals surface area (Å²) in [5.41, 5.74) is 4.31. The number of carbonyl (C=O) groups excluding carboxylic acids is 1. The van der Waals surface area contributed by atoms with E-state index in [4.69, 9.17) is 4.74 Å². The van der Waals surface area contributed by atoms with E-state index in [1.165, 1.54) is 5.56 Å². The zero-order valence-electron chi connectivity index (χ0n) is 18.2. The van der Waals surface area contributed by atoms with Gasteiger partial charge < -0.3 is 10.1 Å². The molecule has 1 amide bonds. The second-order valence-corrected chi connectivity index (χ2v) is 8.76. The fourth-order valence-corrected chi connectivity index (χ4v) is 3.16. The summed E-state index contributed by atoms with van der Waals surface area (Å²) in [4.78, 5) is 12.3. The number of ether oxygens (including phenoxy) is 1. The minimum absolute atomic E-state index is 0.0243. The maximum atomic E-state index is 12.3. The van der Waals surface area contributed by atoms with Crippen molar-refractivity contribution in [3.05, 3.63) is 90.0 Å². The Hall–Kier alpha value is -3.07. The van der Waals surface area contributed by atoms with E-state index in [0.717, 1.165) is 29.7 Å². The van der Waals surface area contributed by atoms with Crippen molar-refractivity contribution < 1.29 is 9.53 Å². The molecule has 3 aromatic rings. The second kappa shape index (κ2) is 10.1. The third-order valence-electron chi connectivity index (χ3n) is 4.98. The Morgan fingerprint density at radius 1 is 0.867 bits per heavy atom. The fourth-order valence-electron chi connectivity index (χ4n) is 3.16. The minimum Gasteiger partial charge on any atom is -0.493 e. The smallest absolute Gasteiger partial charge is 0.251 e. The maximum Gasteiger partial charge on any atom is 0.251 e. The Morgan fingerprint density at radius 3 is 2.30 bits per heavy atom. The molecule has 30 heavy (non-hydrogen) atoms. The largest absolute Gasteiger partial charge is 0.493 e. The number of nitrogens with one attached hydrogen (secondary N) is 1. The molecule has 0 radical (unpaired) electrons. The highest BCUT2D eigenvalue weighted by atomic mass is 16.5. The van der Waals surface area contributed by atoms with Crippen LogP contribution in [-0.2, 0) is 6.42 Å². The van der Waals surface area contributed by atoms with Crippen LogP contribution in [0.5, 0.6) is 5.75 Å². The van der Waals surface area contributed by atoms with Crippen molar-refractivity contribution in [3.8, 4) is 16.9 Å². The van der Waals surface area contributed by atoms with Gasteiger partial charge in [-0.25, -0.2) is 0 Å². The van der Waals surface area contributed by atoms with Crippen LogP contribution in [0.3, 0.4) is 0 Å². The molecular formula is C27H31NO2. The highest BCUT2D eigenvalue weighted by Crippen LogP contribution is 2.24. The molecule has 1 N–H and O–H groups in total. The fraction of sp³-hybridized carbons (Fsp3) is 0.296. The van der Waals surface area contributed by atoms with Gasteiger partial charge in [-0.3, -0.25) is 4.79 Å². The Bertz CT molecular complexity index is 941. The van der Waals surface area contributed by atoms with E-state index in [0.29, 0.717) is 18.7 Å². The lowest BCUT2D eigenvalue weighted by atomic mass is 9.92. The Balaban J connectivity index is 1.56. The lowest BCUT2D eigenvalue weighted by molar-refractivity contribution is 0.0949. The van der Waals surface area contributed by atoms with Crippen LogP contribution >= 0.6 is 0 Å². The monoisotopic (exact) mass is 401 g/mol. The highest BCUT2D eigenvalue weighted by molar-refractivity contribution is 5.94. The first-order chi connectivity index (χ1) is 14.4. The zero-order valence-corrected chi connectivity index (χ0v) is 18.2. The van der Waals surface area contributed by atoms with Crippen LogP contribution < -0.4 is 10.1 Å². The predicted octanol–water partition coefficient (Wildman–Crippen LogP) is 6.14. The van der Waals surface area contributed by atoms with Crippen molar-refractivity contribution in [2.75, 3.05) is 13.2 Å². The summed E-state index contributed by atoms with van der Waals surface area (Å²) in [6, 6.07) is 26.2. The molecule has 3 heteroatoms. The quantitative estimate of drug-likeness (QED) is 0.492. The first kappa shape index (κ1) is 21.6. The van der Waals surface area contributed by atoms with Gasteiger partial charge in [0.1, 0.15) is 5.75 Å². The summed E-state index contributed by atoms with van der Waals surface area (Å²) < 4.78 is 5.94. The number of benzene rings is 3. The van der Waals surface area contributed by atoms with E-state index in [9.17, 15) is 4.79 Å². The van der Waals surface area contributed by atoms with E-state index >= 15 is 0 Å². The molecule has 0 aromatic heterocycles. The summed E-state index contributed by atoms with van der Waals surface area (Å²) in [7, 11) is 0. The topological polar surface area (TPSA) is 38.3 Å². The molecule has 0 bridgehead atoms. The molecule has 3 rings (SSSR count). The van der Waals surface area contributed by atoms with Gasteiger partial charge in [-0.1, -0.05) is 75.4 Å². The summed E-state index contributed by atoms with van der Waals surface area (Å²) in [6.07, 6.45) is 1.83. The van der Waals surface area contributed by atoms with Gasteiger partial charge in [0.2, 0.25) is 0 Å². The number of rotatable bonds is 8. The molecule has 0 unspecified atom stereocenters. The number of carbonyl (C=O) groups is 1. The molecule has 3 nitrogen and oxygen atoms in total. The standard InChI is InChI=1S/C27H31NO2/c1-27(2,3)17-18-28-26(29)23-14-12-22(13-15-23)24-10-7-11-25(20-24)30-19-16-21-8-5-4-6-9-21/h4-15,20H,16-19H2,1-3H3,(H,28,29). The SMILES string of the molecule is CC(C)(C)CCNC(=O)c1ccc(-c2cccc(OCCc3ccccc3)c2)cc1. The van der Waals surface area contributed by atoms with Crippen LogP contribution in [0.15, 0.2) is 78.9 Å². The van der Waals surface area contributed by atoms with Crippen molar-refractivity contribution in [3.63, 3.8) is 0 Å². The third kappa shape index (κ3) is 6.77. The van der Waals surface area contributed by atoms with Gasteiger partial charge in [0.15, 0.2) is 0 Å². The van der Waals surface area contributed by atoms with Crippen LogP contribution in [-0.4, -0.2) is 19.1 Å². The van der Waals surface area contributed by atoms with Crippen LogP contribution in [0.2, 0.25) is 0 Å². The first-order valence-corrected chi connectivity index (χ1v) is 10.6. The summed E-state index contributed by atoms with van der Waals surface area (Å²) in [5.74, 6) is 0.830. The van der Waals surface area contributed by atoms with Gasteiger partial charge in [-0.05, 0) is 52.8 Å². The lowest BCUT2D eigenvalue weighted by Crippen LogP contribution is -2.27. The van der Waals surface area contributed by atoms with Crippen molar-refractivity contribution in [1.29, 1.82) is 0 Å². The van der Waals surface area contributed by atoms with E-state index < -0.39 is 0 Å². The predicted molar refractivity (Wildman–Crippen MR) is 124 cm³/mol. The van der Waals surface area contributed by atoms with E-state index in [1.54, 1.807) is 0 Å². The van der Waals surface area contributed by atoms with Crippen LogP contribution in [0.1, 0.15) is 43.1 Å². The van der Waals surface area contributed by atoms with Crippen molar-refractivity contribution in [2.45, 2.75) is 33.6 Å². The van der Waals surface area contributed by atoms with Gasteiger partial charge in [-0.2, -0.15) is 0 Å². The Kier molecular flexibility index (Phi) is 7.29. The lowest BCUT2D eigenvalue weighted by Gasteiger charge is -2.18.